The van der Waals surface area contributed by atoms with Crippen molar-refractivity contribution < 1.29 is 17.7 Å². The SMILES string of the molecule is CN(Cc1nc(-c2ccccc2)no1)C(=O)C1CCN(S(C)(=O)=O)CC1. The number of hydrogen-bond donors (Lipinski definition) is 0. The average molecular weight is 378 g/mol. The molecule has 1 aliphatic heterocycles. The van der Waals surface area contributed by atoms with Crippen molar-refractivity contribution in [2.75, 3.05) is 26.4 Å². The average Bonchev–Trinajstić information content (AvgIpc) is 3.09. The Balaban J connectivity index is 1.58. The summed E-state index contributed by atoms with van der Waals surface area (Å²) in [5.74, 6) is 0.642. The summed E-state index contributed by atoms with van der Waals surface area (Å²) in [6.07, 6.45) is 2.24. The Kier molecular flexibility index (Phi) is 5.38. The van der Waals surface area contributed by atoms with E-state index in [0.29, 0.717) is 37.6 Å². The Hall–Kier alpha value is -2.26. The molecule has 0 aliphatic carbocycles. The summed E-state index contributed by atoms with van der Waals surface area (Å²) < 4.78 is 29.8. The van der Waals surface area contributed by atoms with Gasteiger partial charge in [0.05, 0.1) is 12.8 Å². The number of aromatic nitrogens is 2. The first-order chi connectivity index (χ1) is 12.3. The molecule has 0 radical (unpaired) electrons. The summed E-state index contributed by atoms with van der Waals surface area (Å²) in [5.41, 5.74) is 0.852. The maximum absolute atomic E-state index is 12.6. The van der Waals surface area contributed by atoms with Gasteiger partial charge in [-0.25, -0.2) is 12.7 Å². The molecule has 2 heterocycles. The fourth-order valence-electron chi connectivity index (χ4n) is 3.05. The highest BCUT2D eigenvalue weighted by molar-refractivity contribution is 7.88. The quantitative estimate of drug-likeness (QED) is 0.779. The van der Waals surface area contributed by atoms with Crippen molar-refractivity contribution in [3.8, 4) is 11.4 Å². The number of nitrogens with zero attached hydrogens (tertiary/aromatic N) is 4. The summed E-state index contributed by atoms with van der Waals surface area (Å²) in [4.78, 5) is 18.5. The number of hydrogen-bond acceptors (Lipinski definition) is 6. The Bertz CT molecular complexity index is 858. The number of amides is 1. The van der Waals surface area contributed by atoms with Gasteiger partial charge in [-0.2, -0.15) is 4.98 Å². The van der Waals surface area contributed by atoms with Gasteiger partial charge in [0.1, 0.15) is 0 Å². The van der Waals surface area contributed by atoms with Crippen LogP contribution in [-0.2, 0) is 21.4 Å². The smallest absolute Gasteiger partial charge is 0.246 e. The van der Waals surface area contributed by atoms with Crippen LogP contribution in [0.5, 0.6) is 0 Å². The number of carbonyl (C=O) groups excluding carboxylic acids is 1. The van der Waals surface area contributed by atoms with Gasteiger partial charge in [0.2, 0.25) is 27.6 Å². The maximum Gasteiger partial charge on any atom is 0.246 e. The summed E-state index contributed by atoms with van der Waals surface area (Å²) in [5, 5.41) is 3.95. The van der Waals surface area contributed by atoms with Crippen molar-refractivity contribution in [3.05, 3.63) is 36.2 Å². The third-order valence-electron chi connectivity index (χ3n) is 4.52. The molecule has 1 aromatic carbocycles. The summed E-state index contributed by atoms with van der Waals surface area (Å²) in [6.45, 7) is 0.981. The van der Waals surface area contributed by atoms with Crippen LogP contribution < -0.4 is 0 Å². The molecule has 0 atom stereocenters. The Morgan fingerprint density at radius 2 is 1.92 bits per heavy atom. The van der Waals surface area contributed by atoms with E-state index < -0.39 is 10.0 Å². The van der Waals surface area contributed by atoms with Crippen LogP contribution in [0.1, 0.15) is 18.7 Å². The molecule has 1 aromatic heterocycles. The van der Waals surface area contributed by atoms with Crippen molar-refractivity contribution in [1.29, 1.82) is 0 Å². The fraction of sp³-hybridized carbons (Fsp3) is 0.471. The summed E-state index contributed by atoms with van der Waals surface area (Å²) in [6, 6.07) is 9.47. The van der Waals surface area contributed by atoms with E-state index >= 15 is 0 Å². The number of piperidine rings is 1. The molecule has 3 rings (SSSR count). The second kappa shape index (κ2) is 7.55. The van der Waals surface area contributed by atoms with Crippen LogP contribution in [0.4, 0.5) is 0 Å². The van der Waals surface area contributed by atoms with Gasteiger partial charge >= 0.3 is 0 Å². The number of carbonyl (C=O) groups is 1. The van der Waals surface area contributed by atoms with Crippen molar-refractivity contribution in [2.24, 2.45) is 5.92 Å². The maximum atomic E-state index is 12.6. The molecule has 1 amide bonds. The first kappa shape index (κ1) is 18.5. The predicted molar refractivity (Wildman–Crippen MR) is 95.3 cm³/mol. The first-order valence-corrected chi connectivity index (χ1v) is 10.3. The van der Waals surface area contributed by atoms with E-state index in [4.69, 9.17) is 4.52 Å². The van der Waals surface area contributed by atoms with Crippen LogP contribution in [0.25, 0.3) is 11.4 Å². The lowest BCUT2D eigenvalue weighted by molar-refractivity contribution is -0.136. The summed E-state index contributed by atoms with van der Waals surface area (Å²) >= 11 is 0. The fourth-order valence-corrected chi connectivity index (χ4v) is 3.92. The van der Waals surface area contributed by atoms with Gasteiger partial charge in [0.15, 0.2) is 0 Å². The largest absolute Gasteiger partial charge is 0.337 e. The van der Waals surface area contributed by atoms with E-state index in [9.17, 15) is 13.2 Å². The van der Waals surface area contributed by atoms with Gasteiger partial charge in [-0.05, 0) is 12.8 Å². The van der Waals surface area contributed by atoms with Crippen molar-refractivity contribution in [3.63, 3.8) is 0 Å². The third kappa shape index (κ3) is 4.28. The van der Waals surface area contributed by atoms with E-state index in [-0.39, 0.29) is 18.4 Å². The molecule has 26 heavy (non-hydrogen) atoms. The monoisotopic (exact) mass is 378 g/mol. The van der Waals surface area contributed by atoms with E-state index in [2.05, 4.69) is 10.1 Å². The highest BCUT2D eigenvalue weighted by Gasteiger charge is 2.30. The van der Waals surface area contributed by atoms with Crippen molar-refractivity contribution in [2.45, 2.75) is 19.4 Å². The van der Waals surface area contributed by atoms with Gasteiger partial charge in [-0.15, -0.1) is 0 Å². The van der Waals surface area contributed by atoms with E-state index in [1.807, 2.05) is 30.3 Å². The molecule has 0 unspecified atom stereocenters. The molecular weight excluding hydrogens is 356 g/mol. The molecule has 9 heteroatoms. The van der Waals surface area contributed by atoms with E-state index in [1.54, 1.807) is 11.9 Å². The zero-order chi connectivity index (χ0) is 18.7. The predicted octanol–water partition coefficient (Wildman–Crippen LogP) is 1.37. The van der Waals surface area contributed by atoms with Crippen molar-refractivity contribution in [1.82, 2.24) is 19.3 Å². The van der Waals surface area contributed by atoms with Gasteiger partial charge < -0.3 is 9.42 Å². The van der Waals surface area contributed by atoms with E-state index in [0.717, 1.165) is 5.56 Å². The second-order valence-electron chi connectivity index (χ2n) is 6.51. The molecule has 0 saturated carbocycles. The minimum Gasteiger partial charge on any atom is -0.337 e. The lowest BCUT2D eigenvalue weighted by Crippen LogP contribution is -2.42. The standard InChI is InChI=1S/C17H22N4O4S/c1-20(17(22)14-8-10-21(11-9-14)26(2,23)24)12-15-18-16(19-25-15)13-6-4-3-5-7-13/h3-7,14H,8-12H2,1-2H3. The van der Waals surface area contributed by atoms with Crippen LogP contribution in [0.2, 0.25) is 0 Å². The normalized spacial score (nSPS) is 16.5. The molecule has 8 nitrogen and oxygen atoms in total. The zero-order valence-corrected chi connectivity index (χ0v) is 15.6. The molecule has 0 bridgehead atoms. The molecule has 0 N–H and O–H groups in total. The molecule has 0 spiro atoms. The van der Waals surface area contributed by atoms with Gasteiger partial charge in [0.25, 0.3) is 0 Å². The minimum absolute atomic E-state index is 0.0300. The number of benzene rings is 1. The van der Waals surface area contributed by atoms with Crippen LogP contribution in [0.3, 0.4) is 0 Å². The first-order valence-electron chi connectivity index (χ1n) is 8.42. The van der Waals surface area contributed by atoms with Gasteiger partial charge in [-0.1, -0.05) is 35.5 Å². The summed E-state index contributed by atoms with van der Waals surface area (Å²) in [7, 11) is -1.50. The molecule has 2 aromatic rings. The highest BCUT2D eigenvalue weighted by atomic mass is 32.2. The molecular formula is C17H22N4O4S. The van der Waals surface area contributed by atoms with Crippen LogP contribution in [-0.4, -0.2) is 60.1 Å². The Morgan fingerprint density at radius 3 is 2.54 bits per heavy atom. The number of rotatable bonds is 5. The zero-order valence-electron chi connectivity index (χ0n) is 14.8. The van der Waals surface area contributed by atoms with Crippen LogP contribution in [0.15, 0.2) is 34.9 Å². The highest BCUT2D eigenvalue weighted by Crippen LogP contribution is 2.22. The second-order valence-corrected chi connectivity index (χ2v) is 8.49. The van der Waals surface area contributed by atoms with Crippen molar-refractivity contribution >= 4 is 15.9 Å². The number of sulfonamides is 1. The lowest BCUT2D eigenvalue weighted by atomic mass is 9.97. The third-order valence-corrected chi connectivity index (χ3v) is 5.82. The Morgan fingerprint density at radius 1 is 1.27 bits per heavy atom. The molecule has 1 saturated heterocycles. The van der Waals surface area contributed by atoms with E-state index in [1.165, 1.54) is 10.6 Å². The molecule has 140 valence electrons. The van der Waals surface area contributed by atoms with Gasteiger partial charge in [0, 0.05) is 31.6 Å². The minimum atomic E-state index is -3.19. The van der Waals surface area contributed by atoms with Crippen LogP contribution >= 0.6 is 0 Å². The molecule has 1 aliphatic rings. The molecule has 1 fully saturated rings. The van der Waals surface area contributed by atoms with Gasteiger partial charge in [-0.3, -0.25) is 4.79 Å². The lowest BCUT2D eigenvalue weighted by Gasteiger charge is -2.31. The van der Waals surface area contributed by atoms with Crippen LogP contribution in [0, 0.1) is 5.92 Å². The topological polar surface area (TPSA) is 96.6 Å². The Labute approximate surface area is 152 Å².